The van der Waals surface area contributed by atoms with E-state index < -0.39 is 0 Å². The minimum absolute atomic E-state index is 0.0315. The zero-order chi connectivity index (χ0) is 22.5. The van der Waals surface area contributed by atoms with E-state index in [-0.39, 0.29) is 30.3 Å². The van der Waals surface area contributed by atoms with Gasteiger partial charge in [0.05, 0.1) is 12.5 Å². The van der Waals surface area contributed by atoms with Crippen LogP contribution in [0, 0.1) is 0 Å². The molecule has 3 heterocycles. The number of hydrogen-bond donors (Lipinski definition) is 1. The fraction of sp³-hybridized carbons (Fsp3) is 0.400. The van der Waals surface area contributed by atoms with Gasteiger partial charge in [-0.05, 0) is 36.3 Å². The number of rotatable bonds is 6. The summed E-state index contributed by atoms with van der Waals surface area (Å²) in [4.78, 5) is 35.8. The van der Waals surface area contributed by atoms with E-state index >= 15 is 0 Å². The van der Waals surface area contributed by atoms with Gasteiger partial charge in [0.2, 0.25) is 11.8 Å². The van der Waals surface area contributed by atoms with Crippen LogP contribution in [0.5, 0.6) is 0 Å². The van der Waals surface area contributed by atoms with Gasteiger partial charge in [-0.25, -0.2) is 4.98 Å². The molecule has 1 aromatic heterocycles. The molecule has 168 valence electrons. The Bertz CT molecular complexity index is 969. The van der Waals surface area contributed by atoms with Crippen molar-refractivity contribution in [2.24, 2.45) is 0 Å². The largest absolute Gasteiger partial charge is 0.354 e. The van der Waals surface area contributed by atoms with Crippen LogP contribution in [0.1, 0.15) is 37.4 Å². The minimum atomic E-state index is -0.275. The molecule has 0 aliphatic carbocycles. The van der Waals surface area contributed by atoms with Gasteiger partial charge in [-0.2, -0.15) is 0 Å². The van der Waals surface area contributed by atoms with Gasteiger partial charge in [0.25, 0.3) is 0 Å². The van der Waals surface area contributed by atoms with Gasteiger partial charge in [0.15, 0.2) is 0 Å². The Hall–Kier alpha value is -3.19. The van der Waals surface area contributed by atoms with Crippen LogP contribution in [-0.4, -0.2) is 65.4 Å². The van der Waals surface area contributed by atoms with Crippen LogP contribution in [0.15, 0.2) is 54.9 Å². The lowest BCUT2D eigenvalue weighted by atomic mass is 9.93. The van der Waals surface area contributed by atoms with Crippen LogP contribution in [-0.2, 0) is 9.59 Å². The Morgan fingerprint density at radius 3 is 2.56 bits per heavy atom. The summed E-state index contributed by atoms with van der Waals surface area (Å²) in [5.41, 5.74) is 2.07. The number of carbonyl (C=O) groups is 2. The molecule has 2 atom stereocenters. The number of benzene rings is 1. The maximum Gasteiger partial charge on any atom is 0.223 e. The molecule has 2 aliphatic rings. The lowest BCUT2D eigenvalue weighted by molar-refractivity contribution is -0.130. The second-order valence-electron chi connectivity index (χ2n) is 8.54. The normalized spacial score (nSPS) is 19.4. The second kappa shape index (κ2) is 9.96. The third-order valence-corrected chi connectivity index (χ3v) is 6.13. The van der Waals surface area contributed by atoms with E-state index in [2.05, 4.69) is 20.1 Å². The van der Waals surface area contributed by atoms with Gasteiger partial charge >= 0.3 is 0 Å². The highest BCUT2D eigenvalue weighted by molar-refractivity contribution is 5.82. The van der Waals surface area contributed by atoms with E-state index in [1.54, 1.807) is 11.1 Å². The number of carbonyl (C=O) groups excluding carboxylic acids is 2. The molecular weight excluding hydrogens is 402 g/mol. The Kier molecular flexibility index (Phi) is 6.85. The number of anilines is 1. The first-order valence-corrected chi connectivity index (χ1v) is 11.2. The SMILES string of the molecule is CC(=O)N1C=Cc2ccccc2C1CC(=O)NC(C)CN1CCN(c2ccccn2)CC1. The van der Waals surface area contributed by atoms with Crippen LogP contribution in [0.2, 0.25) is 0 Å². The quantitative estimate of drug-likeness (QED) is 0.759. The van der Waals surface area contributed by atoms with Crippen molar-refractivity contribution >= 4 is 23.7 Å². The summed E-state index contributed by atoms with van der Waals surface area (Å²) in [6.45, 7) is 8.12. The van der Waals surface area contributed by atoms with Gasteiger partial charge in [-0.1, -0.05) is 30.3 Å². The number of aromatic nitrogens is 1. The van der Waals surface area contributed by atoms with Crippen LogP contribution in [0.4, 0.5) is 5.82 Å². The van der Waals surface area contributed by atoms with Crippen LogP contribution in [0.25, 0.3) is 6.08 Å². The molecule has 4 rings (SSSR count). The first kappa shape index (κ1) is 22.0. The predicted octanol–water partition coefficient (Wildman–Crippen LogP) is 2.67. The number of hydrogen-bond acceptors (Lipinski definition) is 5. The number of fused-ring (bicyclic) bond motifs is 1. The number of amides is 2. The maximum absolute atomic E-state index is 12.9. The molecule has 0 bridgehead atoms. The van der Waals surface area contributed by atoms with Gasteiger partial charge in [-0.15, -0.1) is 0 Å². The fourth-order valence-electron chi connectivity index (χ4n) is 4.56. The molecule has 0 radical (unpaired) electrons. The van der Waals surface area contributed by atoms with E-state index in [0.717, 1.165) is 49.7 Å². The summed E-state index contributed by atoms with van der Waals surface area (Å²) >= 11 is 0. The van der Waals surface area contributed by atoms with Crippen molar-refractivity contribution in [3.05, 3.63) is 66.0 Å². The molecule has 2 aromatic rings. The van der Waals surface area contributed by atoms with Crippen molar-refractivity contribution in [1.82, 2.24) is 20.1 Å². The molecule has 7 nitrogen and oxygen atoms in total. The summed E-state index contributed by atoms with van der Waals surface area (Å²) in [6.07, 6.45) is 5.79. The molecule has 2 aliphatic heterocycles. The zero-order valence-electron chi connectivity index (χ0n) is 18.8. The first-order valence-electron chi connectivity index (χ1n) is 11.2. The molecule has 7 heteroatoms. The highest BCUT2D eigenvalue weighted by Gasteiger charge is 2.29. The van der Waals surface area contributed by atoms with Gasteiger partial charge in [-0.3, -0.25) is 14.5 Å². The molecule has 1 saturated heterocycles. The number of piperazine rings is 1. The number of nitrogens with zero attached hydrogens (tertiary/aromatic N) is 4. The van der Waals surface area contributed by atoms with Crippen molar-refractivity contribution < 1.29 is 9.59 Å². The highest BCUT2D eigenvalue weighted by Crippen LogP contribution is 2.32. The third-order valence-electron chi connectivity index (χ3n) is 6.13. The Labute approximate surface area is 189 Å². The Morgan fingerprint density at radius 2 is 1.84 bits per heavy atom. The van der Waals surface area contributed by atoms with Crippen LogP contribution < -0.4 is 10.2 Å². The summed E-state index contributed by atoms with van der Waals surface area (Å²) < 4.78 is 0. The van der Waals surface area contributed by atoms with E-state index in [0.29, 0.717) is 0 Å². The van der Waals surface area contributed by atoms with Gasteiger partial charge in [0.1, 0.15) is 5.82 Å². The first-order chi connectivity index (χ1) is 15.5. The average Bonchev–Trinajstić information content (AvgIpc) is 2.80. The Balaban J connectivity index is 1.29. The smallest absolute Gasteiger partial charge is 0.223 e. The predicted molar refractivity (Wildman–Crippen MR) is 126 cm³/mol. The van der Waals surface area contributed by atoms with E-state index in [1.807, 2.05) is 61.7 Å². The van der Waals surface area contributed by atoms with E-state index in [9.17, 15) is 9.59 Å². The van der Waals surface area contributed by atoms with Gasteiger partial charge < -0.3 is 15.1 Å². The third kappa shape index (κ3) is 5.16. The molecule has 1 N–H and O–H groups in total. The lowest BCUT2D eigenvalue weighted by Gasteiger charge is -2.37. The summed E-state index contributed by atoms with van der Waals surface area (Å²) in [5.74, 6) is 0.920. The lowest BCUT2D eigenvalue weighted by Crippen LogP contribution is -2.51. The molecular formula is C25H31N5O2. The van der Waals surface area contributed by atoms with Crippen LogP contribution in [0.3, 0.4) is 0 Å². The molecule has 2 unspecified atom stereocenters. The molecule has 1 aromatic carbocycles. The summed E-state index contributed by atoms with van der Waals surface area (Å²) in [7, 11) is 0. The fourth-order valence-corrected chi connectivity index (χ4v) is 4.56. The molecule has 1 fully saturated rings. The summed E-state index contributed by atoms with van der Waals surface area (Å²) in [6, 6.07) is 13.7. The minimum Gasteiger partial charge on any atom is -0.354 e. The van der Waals surface area contributed by atoms with Crippen molar-refractivity contribution in [2.45, 2.75) is 32.4 Å². The second-order valence-corrected chi connectivity index (χ2v) is 8.54. The Morgan fingerprint density at radius 1 is 1.09 bits per heavy atom. The molecule has 32 heavy (non-hydrogen) atoms. The molecule has 0 spiro atoms. The summed E-state index contributed by atoms with van der Waals surface area (Å²) in [5, 5.41) is 3.14. The van der Waals surface area contributed by atoms with Crippen molar-refractivity contribution in [3.8, 4) is 0 Å². The standard InChI is InChI=1S/C25H31N5O2/c1-19(18-28-13-15-29(16-14-28)24-9-5-6-11-26-24)27-25(32)17-23-22-8-4-3-7-21(22)10-12-30(23)20(2)31/h3-12,19,23H,13-18H2,1-2H3,(H,27,32). The van der Waals surface area contributed by atoms with E-state index in [4.69, 9.17) is 0 Å². The van der Waals surface area contributed by atoms with Gasteiger partial charge in [0, 0.05) is 58.1 Å². The molecule has 0 saturated carbocycles. The van der Waals surface area contributed by atoms with E-state index in [1.165, 1.54) is 6.92 Å². The number of pyridine rings is 1. The van der Waals surface area contributed by atoms with Crippen LogP contribution >= 0.6 is 0 Å². The zero-order valence-corrected chi connectivity index (χ0v) is 18.8. The maximum atomic E-state index is 12.9. The van der Waals surface area contributed by atoms with Crippen molar-refractivity contribution in [1.29, 1.82) is 0 Å². The number of nitrogens with one attached hydrogen (secondary N) is 1. The van der Waals surface area contributed by atoms with Crippen molar-refractivity contribution in [3.63, 3.8) is 0 Å². The van der Waals surface area contributed by atoms with Crippen molar-refractivity contribution in [2.75, 3.05) is 37.6 Å². The highest BCUT2D eigenvalue weighted by atomic mass is 16.2. The topological polar surface area (TPSA) is 68.8 Å². The average molecular weight is 434 g/mol. The molecule has 2 amide bonds. The monoisotopic (exact) mass is 433 g/mol.